The first-order chi connectivity index (χ1) is 7.74. The van der Waals surface area contributed by atoms with Crippen molar-refractivity contribution in [3.63, 3.8) is 0 Å². The second-order valence-corrected chi connectivity index (χ2v) is 6.50. The van der Waals surface area contributed by atoms with E-state index >= 15 is 0 Å². The molecule has 0 spiro atoms. The van der Waals surface area contributed by atoms with E-state index in [1.54, 1.807) is 0 Å². The van der Waals surface area contributed by atoms with Crippen LogP contribution in [-0.2, 0) is 10.2 Å². The molecular weight excluding hydrogens is 236 g/mol. The predicted octanol–water partition coefficient (Wildman–Crippen LogP) is 2.34. The van der Waals surface area contributed by atoms with Gasteiger partial charge < -0.3 is 0 Å². The molecule has 0 aliphatic carbocycles. The summed E-state index contributed by atoms with van der Waals surface area (Å²) in [4.78, 5) is 0. The van der Waals surface area contributed by atoms with Gasteiger partial charge in [0.25, 0.3) is 0 Å². The molecule has 1 N–H and O–H groups in total. The average molecular weight is 256 g/mol. The van der Waals surface area contributed by atoms with Crippen molar-refractivity contribution in [2.24, 2.45) is 0 Å². The third-order valence-corrected chi connectivity index (χ3v) is 4.09. The van der Waals surface area contributed by atoms with Gasteiger partial charge in [-0.3, -0.25) is 4.72 Å². The highest BCUT2D eigenvalue weighted by atomic mass is 32.2. The number of benzene rings is 1. The van der Waals surface area contributed by atoms with E-state index in [2.05, 4.69) is 18.6 Å². The van der Waals surface area contributed by atoms with Crippen molar-refractivity contribution in [3.8, 4) is 0 Å². The number of anilines is 1. The van der Waals surface area contributed by atoms with Crippen molar-refractivity contribution in [1.82, 2.24) is 4.31 Å². The zero-order chi connectivity index (χ0) is 13.2. The molecule has 4 nitrogen and oxygen atoms in total. The molecule has 0 aromatic heterocycles. The Morgan fingerprint density at radius 3 is 2.29 bits per heavy atom. The molecular formula is C12H20N2O2S. The van der Waals surface area contributed by atoms with Crippen LogP contribution in [0, 0.1) is 6.92 Å². The monoisotopic (exact) mass is 256 g/mol. The second kappa shape index (κ2) is 5.06. The van der Waals surface area contributed by atoms with Crippen LogP contribution in [0.4, 0.5) is 5.69 Å². The van der Waals surface area contributed by atoms with Crippen LogP contribution in [0.1, 0.15) is 30.9 Å². The average Bonchev–Trinajstić information content (AvgIpc) is 2.20. The normalized spacial score (nSPS) is 12.2. The maximum Gasteiger partial charge on any atom is 0.301 e. The van der Waals surface area contributed by atoms with Crippen LogP contribution < -0.4 is 4.72 Å². The van der Waals surface area contributed by atoms with Gasteiger partial charge in [0.1, 0.15) is 0 Å². The Morgan fingerprint density at radius 2 is 1.82 bits per heavy atom. The Bertz CT molecular complexity index is 493. The lowest BCUT2D eigenvalue weighted by atomic mass is 10.0. The van der Waals surface area contributed by atoms with Gasteiger partial charge in [-0.25, -0.2) is 0 Å². The van der Waals surface area contributed by atoms with Gasteiger partial charge >= 0.3 is 10.2 Å². The van der Waals surface area contributed by atoms with Gasteiger partial charge in [0.05, 0.1) is 5.69 Å². The number of hydrogen-bond acceptors (Lipinski definition) is 2. The zero-order valence-corrected chi connectivity index (χ0v) is 11.8. The van der Waals surface area contributed by atoms with Gasteiger partial charge in [-0.2, -0.15) is 12.7 Å². The van der Waals surface area contributed by atoms with E-state index in [1.807, 2.05) is 25.1 Å². The molecule has 0 aliphatic rings. The third kappa shape index (κ3) is 3.44. The maximum atomic E-state index is 11.7. The van der Waals surface area contributed by atoms with Crippen LogP contribution in [0.15, 0.2) is 18.2 Å². The summed E-state index contributed by atoms with van der Waals surface area (Å²) >= 11 is 0. The minimum atomic E-state index is -3.43. The van der Waals surface area contributed by atoms with Gasteiger partial charge in [-0.1, -0.05) is 26.0 Å². The number of nitrogens with zero attached hydrogens (tertiary/aromatic N) is 1. The van der Waals surface area contributed by atoms with Crippen LogP contribution >= 0.6 is 0 Å². The number of aryl methyl sites for hydroxylation is 1. The fraction of sp³-hybridized carbons (Fsp3) is 0.500. The Balaban J connectivity index is 3.10. The van der Waals surface area contributed by atoms with E-state index < -0.39 is 10.2 Å². The molecule has 0 aliphatic heterocycles. The van der Waals surface area contributed by atoms with E-state index in [1.165, 1.54) is 14.1 Å². The van der Waals surface area contributed by atoms with Crippen molar-refractivity contribution in [3.05, 3.63) is 29.3 Å². The van der Waals surface area contributed by atoms with Gasteiger partial charge in [-0.15, -0.1) is 0 Å². The van der Waals surface area contributed by atoms with Gasteiger partial charge in [0.2, 0.25) is 0 Å². The summed E-state index contributed by atoms with van der Waals surface area (Å²) in [5.41, 5.74) is 2.68. The fourth-order valence-electron chi connectivity index (χ4n) is 1.34. The van der Waals surface area contributed by atoms with Crippen LogP contribution in [0.2, 0.25) is 0 Å². The van der Waals surface area contributed by atoms with E-state index in [4.69, 9.17) is 0 Å². The maximum absolute atomic E-state index is 11.7. The summed E-state index contributed by atoms with van der Waals surface area (Å²) in [6.45, 7) is 6.04. The Hall–Kier alpha value is -1.07. The molecule has 0 amide bonds. The summed E-state index contributed by atoms with van der Waals surface area (Å²) in [6, 6.07) is 5.84. The van der Waals surface area contributed by atoms with Crippen molar-refractivity contribution >= 4 is 15.9 Å². The molecule has 0 saturated heterocycles. The van der Waals surface area contributed by atoms with Crippen molar-refractivity contribution < 1.29 is 8.42 Å². The molecule has 1 aromatic rings. The molecule has 0 bridgehead atoms. The highest BCUT2D eigenvalue weighted by molar-refractivity contribution is 7.90. The minimum absolute atomic E-state index is 0.373. The molecule has 0 atom stereocenters. The van der Waals surface area contributed by atoms with Crippen LogP contribution in [0.25, 0.3) is 0 Å². The Labute approximate surface area is 104 Å². The smallest absolute Gasteiger partial charge is 0.271 e. The quantitative estimate of drug-likeness (QED) is 0.899. The lowest BCUT2D eigenvalue weighted by molar-refractivity contribution is 0.527. The zero-order valence-electron chi connectivity index (χ0n) is 11.0. The summed E-state index contributed by atoms with van der Waals surface area (Å²) < 4.78 is 27.2. The number of rotatable bonds is 4. The highest BCUT2D eigenvalue weighted by Gasteiger charge is 2.14. The van der Waals surface area contributed by atoms with Gasteiger partial charge in [0, 0.05) is 14.1 Å². The molecule has 96 valence electrons. The summed E-state index contributed by atoms with van der Waals surface area (Å²) in [5.74, 6) is 0.373. The summed E-state index contributed by atoms with van der Waals surface area (Å²) in [7, 11) is -0.425. The summed E-state index contributed by atoms with van der Waals surface area (Å²) in [6.07, 6.45) is 0. The van der Waals surface area contributed by atoms with E-state index in [9.17, 15) is 8.42 Å². The first kappa shape index (κ1) is 14.0. The van der Waals surface area contributed by atoms with Gasteiger partial charge in [-0.05, 0) is 30.0 Å². The molecule has 0 fully saturated rings. The Kier molecular flexibility index (Phi) is 4.16. The van der Waals surface area contributed by atoms with Gasteiger partial charge in [0.15, 0.2) is 0 Å². The van der Waals surface area contributed by atoms with Crippen LogP contribution in [0.3, 0.4) is 0 Å². The van der Waals surface area contributed by atoms with Crippen molar-refractivity contribution in [2.45, 2.75) is 26.7 Å². The van der Waals surface area contributed by atoms with Crippen molar-refractivity contribution in [1.29, 1.82) is 0 Å². The van der Waals surface area contributed by atoms with Crippen LogP contribution in [0.5, 0.6) is 0 Å². The molecule has 1 aromatic carbocycles. The van der Waals surface area contributed by atoms with E-state index in [0.29, 0.717) is 11.6 Å². The first-order valence-corrected chi connectivity index (χ1v) is 6.99. The second-order valence-electron chi connectivity index (χ2n) is 4.62. The third-order valence-electron chi connectivity index (χ3n) is 2.65. The standard InChI is InChI=1S/C12H20N2O2S/c1-9(2)11-7-6-10(3)12(8-11)13-17(15,16)14(4)5/h6-9,13H,1-5H3. The van der Waals surface area contributed by atoms with Crippen molar-refractivity contribution in [2.75, 3.05) is 18.8 Å². The topological polar surface area (TPSA) is 49.4 Å². The minimum Gasteiger partial charge on any atom is -0.271 e. The number of nitrogens with one attached hydrogen (secondary N) is 1. The van der Waals surface area contributed by atoms with E-state index in [0.717, 1.165) is 15.4 Å². The lowest BCUT2D eigenvalue weighted by Gasteiger charge is -2.16. The van der Waals surface area contributed by atoms with Crippen LogP contribution in [-0.4, -0.2) is 26.8 Å². The molecule has 0 radical (unpaired) electrons. The lowest BCUT2D eigenvalue weighted by Crippen LogP contribution is -2.29. The fourth-order valence-corrected chi connectivity index (χ4v) is 2.02. The molecule has 0 saturated carbocycles. The van der Waals surface area contributed by atoms with E-state index in [-0.39, 0.29) is 0 Å². The largest absolute Gasteiger partial charge is 0.301 e. The molecule has 1 rings (SSSR count). The molecule has 17 heavy (non-hydrogen) atoms. The molecule has 0 heterocycles. The summed E-state index contributed by atoms with van der Waals surface area (Å²) in [5, 5.41) is 0. The first-order valence-electron chi connectivity index (χ1n) is 5.55. The molecule has 5 heteroatoms. The molecule has 0 unspecified atom stereocenters. The highest BCUT2D eigenvalue weighted by Crippen LogP contribution is 2.23. The SMILES string of the molecule is Cc1ccc(C(C)C)cc1NS(=O)(=O)N(C)C. The Morgan fingerprint density at radius 1 is 1.24 bits per heavy atom. The predicted molar refractivity (Wildman–Crippen MR) is 71.5 cm³/mol. The number of hydrogen-bond donors (Lipinski definition) is 1.